The van der Waals surface area contributed by atoms with E-state index in [1.165, 1.54) is 4.68 Å². The molecule has 0 bridgehead atoms. The summed E-state index contributed by atoms with van der Waals surface area (Å²) in [5.41, 5.74) is 6.22. The van der Waals surface area contributed by atoms with Crippen molar-refractivity contribution in [3.05, 3.63) is 5.69 Å². The normalized spacial score (nSPS) is 23.4. The Kier molecular flexibility index (Phi) is 4.90. The SMILES string of the molecule is Cc1c(S(=O)(=O)NCC2CCCCC2CO)c(N)nn1C. The predicted molar refractivity (Wildman–Crippen MR) is 80.1 cm³/mol. The van der Waals surface area contributed by atoms with Gasteiger partial charge in [-0.2, -0.15) is 5.10 Å². The molecule has 1 heterocycles. The third-order valence-corrected chi connectivity index (χ3v) is 6.00. The third-order valence-electron chi connectivity index (χ3n) is 4.41. The summed E-state index contributed by atoms with van der Waals surface area (Å²) >= 11 is 0. The van der Waals surface area contributed by atoms with Crippen molar-refractivity contribution in [2.24, 2.45) is 18.9 Å². The zero-order valence-electron chi connectivity index (χ0n) is 12.5. The molecular weight excluding hydrogens is 292 g/mol. The third kappa shape index (κ3) is 3.38. The molecule has 7 nitrogen and oxygen atoms in total. The number of aromatic nitrogens is 2. The maximum Gasteiger partial charge on any atom is 0.246 e. The van der Waals surface area contributed by atoms with Gasteiger partial charge in [-0.05, 0) is 31.6 Å². The average Bonchev–Trinajstić information content (AvgIpc) is 2.70. The van der Waals surface area contributed by atoms with Crippen LogP contribution in [-0.4, -0.2) is 36.5 Å². The minimum Gasteiger partial charge on any atom is -0.396 e. The fraction of sp³-hybridized carbons (Fsp3) is 0.769. The average molecular weight is 316 g/mol. The van der Waals surface area contributed by atoms with Crippen LogP contribution >= 0.6 is 0 Å². The monoisotopic (exact) mass is 316 g/mol. The number of nitrogens with two attached hydrogens (primary N) is 1. The highest BCUT2D eigenvalue weighted by Gasteiger charge is 2.29. The van der Waals surface area contributed by atoms with E-state index in [0.717, 1.165) is 25.7 Å². The van der Waals surface area contributed by atoms with Gasteiger partial charge in [0, 0.05) is 20.2 Å². The van der Waals surface area contributed by atoms with Crippen molar-refractivity contribution in [1.29, 1.82) is 0 Å². The fourth-order valence-corrected chi connectivity index (χ4v) is 4.44. The molecule has 1 aliphatic carbocycles. The second kappa shape index (κ2) is 6.33. The Morgan fingerprint density at radius 3 is 2.52 bits per heavy atom. The van der Waals surface area contributed by atoms with E-state index in [4.69, 9.17) is 5.73 Å². The number of aryl methyl sites for hydroxylation is 1. The Labute approximate surface area is 125 Å². The van der Waals surface area contributed by atoms with Crippen LogP contribution in [0.4, 0.5) is 5.82 Å². The van der Waals surface area contributed by atoms with Crippen molar-refractivity contribution in [3.63, 3.8) is 0 Å². The van der Waals surface area contributed by atoms with E-state index in [1.807, 2.05) is 0 Å². The van der Waals surface area contributed by atoms with Gasteiger partial charge in [0.2, 0.25) is 10.0 Å². The van der Waals surface area contributed by atoms with Gasteiger partial charge in [0.1, 0.15) is 4.90 Å². The van der Waals surface area contributed by atoms with E-state index in [2.05, 4.69) is 9.82 Å². The molecular formula is C13H24N4O3S. The first-order valence-corrected chi connectivity index (χ1v) is 8.74. The molecule has 0 amide bonds. The molecule has 21 heavy (non-hydrogen) atoms. The number of hydrogen-bond donors (Lipinski definition) is 3. The summed E-state index contributed by atoms with van der Waals surface area (Å²) < 4.78 is 28.9. The highest BCUT2D eigenvalue weighted by atomic mass is 32.2. The van der Waals surface area contributed by atoms with Crippen LogP contribution in [0.3, 0.4) is 0 Å². The van der Waals surface area contributed by atoms with Crippen molar-refractivity contribution in [3.8, 4) is 0 Å². The summed E-state index contributed by atoms with van der Waals surface area (Å²) in [5, 5.41) is 13.3. The molecule has 1 saturated carbocycles. The summed E-state index contributed by atoms with van der Waals surface area (Å²) in [7, 11) is -2.01. The van der Waals surface area contributed by atoms with Crippen LogP contribution in [-0.2, 0) is 17.1 Å². The number of anilines is 1. The number of aliphatic hydroxyl groups excluding tert-OH is 1. The Morgan fingerprint density at radius 2 is 2.00 bits per heavy atom. The summed E-state index contributed by atoms with van der Waals surface area (Å²) in [6.07, 6.45) is 4.08. The second-order valence-electron chi connectivity index (χ2n) is 5.76. The van der Waals surface area contributed by atoms with Crippen LogP contribution in [0, 0.1) is 18.8 Å². The minimum atomic E-state index is -3.67. The summed E-state index contributed by atoms with van der Waals surface area (Å²) in [4.78, 5) is 0.0568. The molecule has 1 aromatic heterocycles. The second-order valence-corrected chi connectivity index (χ2v) is 7.47. The van der Waals surface area contributed by atoms with Crippen molar-refractivity contribution in [2.75, 3.05) is 18.9 Å². The van der Waals surface area contributed by atoms with E-state index in [9.17, 15) is 13.5 Å². The maximum absolute atomic E-state index is 12.4. The van der Waals surface area contributed by atoms with E-state index in [0.29, 0.717) is 12.2 Å². The highest BCUT2D eigenvalue weighted by Crippen LogP contribution is 2.30. The number of aliphatic hydroxyl groups is 1. The van der Waals surface area contributed by atoms with Gasteiger partial charge in [0.15, 0.2) is 5.82 Å². The Morgan fingerprint density at radius 1 is 1.38 bits per heavy atom. The lowest BCUT2D eigenvalue weighted by Crippen LogP contribution is -2.35. The molecule has 8 heteroatoms. The van der Waals surface area contributed by atoms with Crippen LogP contribution in [0.1, 0.15) is 31.4 Å². The van der Waals surface area contributed by atoms with Gasteiger partial charge in [-0.3, -0.25) is 4.68 Å². The van der Waals surface area contributed by atoms with E-state index in [-0.39, 0.29) is 29.2 Å². The van der Waals surface area contributed by atoms with Gasteiger partial charge in [0.25, 0.3) is 0 Å². The summed E-state index contributed by atoms with van der Waals surface area (Å²) in [6.45, 7) is 2.12. The van der Waals surface area contributed by atoms with Gasteiger partial charge in [-0.15, -0.1) is 0 Å². The fourth-order valence-electron chi connectivity index (χ4n) is 3.03. The predicted octanol–water partition coefficient (Wildman–Crippen LogP) is 0.388. The van der Waals surface area contributed by atoms with Crippen LogP contribution in [0.25, 0.3) is 0 Å². The number of nitrogens with zero attached hydrogens (tertiary/aromatic N) is 2. The Balaban J connectivity index is 2.11. The highest BCUT2D eigenvalue weighted by molar-refractivity contribution is 7.89. The minimum absolute atomic E-state index is 0.0184. The van der Waals surface area contributed by atoms with Crippen molar-refractivity contribution in [2.45, 2.75) is 37.5 Å². The molecule has 0 spiro atoms. The van der Waals surface area contributed by atoms with Gasteiger partial charge in [-0.25, -0.2) is 13.1 Å². The largest absolute Gasteiger partial charge is 0.396 e. The summed E-state index contributed by atoms with van der Waals surface area (Å²) in [6, 6.07) is 0. The first-order chi connectivity index (χ1) is 9.86. The number of nitrogens with one attached hydrogen (secondary N) is 1. The number of sulfonamides is 1. The standard InChI is InChI=1S/C13H24N4O3S/c1-9-12(13(14)16-17(9)2)21(19,20)15-7-10-5-3-4-6-11(10)8-18/h10-11,15,18H,3-8H2,1-2H3,(H2,14,16). The smallest absolute Gasteiger partial charge is 0.246 e. The van der Waals surface area contributed by atoms with Gasteiger partial charge >= 0.3 is 0 Å². The molecule has 120 valence electrons. The molecule has 2 atom stereocenters. The maximum atomic E-state index is 12.4. The molecule has 0 aliphatic heterocycles. The molecule has 2 unspecified atom stereocenters. The molecule has 4 N–H and O–H groups in total. The first-order valence-electron chi connectivity index (χ1n) is 7.26. The van der Waals surface area contributed by atoms with Crippen molar-refractivity contribution >= 4 is 15.8 Å². The lowest BCUT2D eigenvalue weighted by molar-refractivity contribution is 0.136. The van der Waals surface area contributed by atoms with Gasteiger partial charge in [0.05, 0.1) is 5.69 Å². The quantitative estimate of drug-likeness (QED) is 0.728. The van der Waals surface area contributed by atoms with Crippen LogP contribution < -0.4 is 10.5 Å². The Bertz CT molecular complexity index is 597. The molecule has 1 fully saturated rings. The number of nitrogen functional groups attached to an aromatic ring is 1. The molecule has 1 aliphatic rings. The molecule has 0 aromatic carbocycles. The Hall–Kier alpha value is -1.12. The van der Waals surface area contributed by atoms with Gasteiger partial charge in [-0.1, -0.05) is 12.8 Å². The van der Waals surface area contributed by atoms with E-state index < -0.39 is 10.0 Å². The molecule has 0 radical (unpaired) electrons. The zero-order chi connectivity index (χ0) is 15.6. The van der Waals surface area contributed by atoms with Gasteiger partial charge < -0.3 is 10.8 Å². The lowest BCUT2D eigenvalue weighted by atomic mass is 9.80. The number of hydrogen-bond acceptors (Lipinski definition) is 5. The topological polar surface area (TPSA) is 110 Å². The zero-order valence-corrected chi connectivity index (χ0v) is 13.4. The van der Waals surface area contributed by atoms with Crippen molar-refractivity contribution < 1.29 is 13.5 Å². The van der Waals surface area contributed by atoms with Crippen LogP contribution in [0.2, 0.25) is 0 Å². The van der Waals surface area contributed by atoms with Crippen LogP contribution in [0.5, 0.6) is 0 Å². The van der Waals surface area contributed by atoms with Crippen LogP contribution in [0.15, 0.2) is 4.90 Å². The van der Waals surface area contributed by atoms with E-state index in [1.54, 1.807) is 14.0 Å². The molecule has 1 aromatic rings. The van der Waals surface area contributed by atoms with Crippen molar-refractivity contribution in [1.82, 2.24) is 14.5 Å². The lowest BCUT2D eigenvalue weighted by Gasteiger charge is -2.30. The molecule has 2 rings (SSSR count). The summed E-state index contributed by atoms with van der Waals surface area (Å²) in [5.74, 6) is 0.371. The first kappa shape index (κ1) is 16.3. The number of rotatable bonds is 5. The van der Waals surface area contributed by atoms with E-state index >= 15 is 0 Å². The molecule has 0 saturated heterocycles.